The second kappa shape index (κ2) is 5.56. The third kappa shape index (κ3) is 2.00. The van der Waals surface area contributed by atoms with Crippen molar-refractivity contribution in [1.82, 2.24) is 0 Å². The van der Waals surface area contributed by atoms with E-state index in [4.69, 9.17) is 9.47 Å². The summed E-state index contributed by atoms with van der Waals surface area (Å²) in [5.74, 6) is 4.05. The highest BCUT2D eigenvalue weighted by Crippen LogP contribution is 2.68. The summed E-state index contributed by atoms with van der Waals surface area (Å²) in [4.78, 5) is 12.6. The highest BCUT2D eigenvalue weighted by atomic mass is 16.7. The van der Waals surface area contributed by atoms with Gasteiger partial charge in [0.05, 0.1) is 13.2 Å². The van der Waals surface area contributed by atoms with Crippen LogP contribution in [0.3, 0.4) is 0 Å². The highest BCUT2D eigenvalue weighted by Gasteiger charge is 2.65. The molecule has 8 atom stereocenters. The largest absolute Gasteiger partial charge is 0.347 e. The van der Waals surface area contributed by atoms with Crippen LogP contribution in [0.4, 0.5) is 0 Å². The Kier molecular flexibility index (Phi) is 3.78. The van der Waals surface area contributed by atoms with E-state index in [1.165, 1.54) is 25.7 Å². The average Bonchev–Trinajstić information content (AvgIpc) is 3.20. The molecule has 0 radical (unpaired) electrons. The van der Waals surface area contributed by atoms with Crippen molar-refractivity contribution in [3.8, 4) is 0 Å². The second-order valence-electron chi connectivity index (χ2n) is 10.8. The van der Waals surface area contributed by atoms with Gasteiger partial charge in [-0.2, -0.15) is 0 Å². The average molecular weight is 361 g/mol. The van der Waals surface area contributed by atoms with Crippen LogP contribution >= 0.6 is 0 Å². The summed E-state index contributed by atoms with van der Waals surface area (Å²) in [6, 6.07) is 0. The van der Waals surface area contributed by atoms with Crippen LogP contribution in [0, 0.1) is 46.3 Å². The third-order valence-corrected chi connectivity index (χ3v) is 10.1. The van der Waals surface area contributed by atoms with Gasteiger partial charge >= 0.3 is 0 Å². The van der Waals surface area contributed by atoms with Crippen molar-refractivity contribution in [3.05, 3.63) is 0 Å². The van der Waals surface area contributed by atoms with E-state index in [0.717, 1.165) is 44.3 Å². The van der Waals surface area contributed by atoms with Gasteiger partial charge < -0.3 is 9.47 Å². The molecule has 4 saturated carbocycles. The van der Waals surface area contributed by atoms with Crippen molar-refractivity contribution >= 4 is 5.78 Å². The number of Topliss-reactive ketones (excluding diaryl/α,β-unsaturated/α-hetero) is 1. The Morgan fingerprint density at radius 3 is 2.38 bits per heavy atom. The van der Waals surface area contributed by atoms with Crippen molar-refractivity contribution in [3.63, 3.8) is 0 Å². The predicted octanol–water partition coefficient (Wildman–Crippen LogP) is 4.83. The van der Waals surface area contributed by atoms with Crippen LogP contribution in [0.15, 0.2) is 0 Å². The maximum absolute atomic E-state index is 12.6. The van der Waals surface area contributed by atoms with Gasteiger partial charge in [0.15, 0.2) is 5.79 Å². The molecular formula is C23H36O3. The van der Waals surface area contributed by atoms with Crippen LogP contribution in [0.25, 0.3) is 0 Å². The minimum Gasteiger partial charge on any atom is -0.347 e. The minimum absolute atomic E-state index is 0.00480. The molecule has 1 heterocycles. The maximum Gasteiger partial charge on any atom is 0.173 e. The van der Waals surface area contributed by atoms with Crippen LogP contribution in [0.1, 0.15) is 72.6 Å². The topological polar surface area (TPSA) is 35.5 Å². The van der Waals surface area contributed by atoms with Gasteiger partial charge in [-0.3, -0.25) is 4.79 Å². The molecule has 3 heteroatoms. The summed E-state index contributed by atoms with van der Waals surface area (Å²) in [7, 11) is 0. The molecule has 5 rings (SSSR count). The Morgan fingerprint density at radius 1 is 0.923 bits per heavy atom. The predicted molar refractivity (Wildman–Crippen MR) is 100 cm³/mol. The molecule has 1 saturated heterocycles. The van der Waals surface area contributed by atoms with Gasteiger partial charge in [0.2, 0.25) is 0 Å². The summed E-state index contributed by atoms with van der Waals surface area (Å²) in [6.07, 6.45) is 8.20. The first kappa shape index (κ1) is 17.7. The van der Waals surface area contributed by atoms with Crippen LogP contribution in [0.5, 0.6) is 0 Å². The molecule has 0 N–H and O–H groups in total. The number of hydrogen-bond donors (Lipinski definition) is 0. The van der Waals surface area contributed by atoms with Gasteiger partial charge in [-0.15, -0.1) is 0 Å². The first-order valence-corrected chi connectivity index (χ1v) is 11.1. The molecule has 5 aliphatic rings. The third-order valence-electron chi connectivity index (χ3n) is 10.1. The number of rotatable bonds is 0. The van der Waals surface area contributed by atoms with E-state index in [9.17, 15) is 4.79 Å². The first-order valence-electron chi connectivity index (χ1n) is 11.1. The normalized spacial score (nSPS) is 55.5. The zero-order valence-corrected chi connectivity index (χ0v) is 17.1. The molecule has 5 fully saturated rings. The van der Waals surface area contributed by atoms with E-state index >= 15 is 0 Å². The summed E-state index contributed by atoms with van der Waals surface area (Å²) < 4.78 is 12.5. The molecule has 3 nitrogen and oxygen atoms in total. The Labute approximate surface area is 158 Å². The van der Waals surface area contributed by atoms with Crippen LogP contribution < -0.4 is 0 Å². The van der Waals surface area contributed by atoms with Gasteiger partial charge in [0, 0.05) is 23.7 Å². The lowest BCUT2D eigenvalue weighted by atomic mass is 9.42. The van der Waals surface area contributed by atoms with Gasteiger partial charge in [0.1, 0.15) is 5.78 Å². The summed E-state index contributed by atoms with van der Waals surface area (Å²) >= 11 is 0. The Hall–Kier alpha value is -0.410. The second-order valence-corrected chi connectivity index (χ2v) is 10.8. The van der Waals surface area contributed by atoms with Crippen LogP contribution in [-0.2, 0) is 14.3 Å². The fourth-order valence-electron chi connectivity index (χ4n) is 8.90. The standard InChI is InChI=1S/C23H36O3/c1-14-13-22(4)17(15(2)23(14)25-11-12-26-23)6-5-16-18-7-8-20(24)21(18,3)10-9-19(16)22/h14-19H,5-13H2,1-4H3. The number of ether oxygens (including phenoxy) is 2. The zero-order chi connectivity index (χ0) is 18.3. The lowest BCUT2D eigenvalue weighted by Gasteiger charge is -2.64. The molecule has 1 spiro atoms. The van der Waals surface area contributed by atoms with Crippen molar-refractivity contribution in [2.75, 3.05) is 13.2 Å². The molecule has 1 aliphatic heterocycles. The van der Waals surface area contributed by atoms with Crippen LogP contribution in [-0.4, -0.2) is 24.8 Å². The summed E-state index contributed by atoms with van der Waals surface area (Å²) in [5, 5.41) is 0. The molecule has 26 heavy (non-hydrogen) atoms. The molecular weight excluding hydrogens is 324 g/mol. The van der Waals surface area contributed by atoms with Gasteiger partial charge in [0.25, 0.3) is 0 Å². The monoisotopic (exact) mass is 360 g/mol. The molecule has 0 amide bonds. The Balaban J connectivity index is 1.48. The van der Waals surface area contributed by atoms with E-state index in [0.29, 0.717) is 34.9 Å². The van der Waals surface area contributed by atoms with Crippen molar-refractivity contribution < 1.29 is 14.3 Å². The Morgan fingerprint density at radius 2 is 1.65 bits per heavy atom. The van der Waals surface area contributed by atoms with E-state index in [1.54, 1.807) is 0 Å². The molecule has 4 aliphatic carbocycles. The number of fused-ring (bicyclic) bond motifs is 5. The van der Waals surface area contributed by atoms with E-state index < -0.39 is 0 Å². The summed E-state index contributed by atoms with van der Waals surface area (Å²) in [5.41, 5.74) is 0.379. The molecule has 0 aromatic heterocycles. The summed E-state index contributed by atoms with van der Waals surface area (Å²) in [6.45, 7) is 11.1. The smallest absolute Gasteiger partial charge is 0.173 e. The number of carbonyl (C=O) groups is 1. The van der Waals surface area contributed by atoms with E-state index in [2.05, 4.69) is 27.7 Å². The first-order chi connectivity index (χ1) is 12.3. The quantitative estimate of drug-likeness (QED) is 0.620. The maximum atomic E-state index is 12.6. The fraction of sp³-hybridized carbons (Fsp3) is 0.957. The van der Waals surface area contributed by atoms with Gasteiger partial charge in [-0.05, 0) is 67.6 Å². The van der Waals surface area contributed by atoms with Crippen LogP contribution in [0.2, 0.25) is 0 Å². The number of hydrogen-bond acceptors (Lipinski definition) is 3. The van der Waals surface area contributed by atoms with Gasteiger partial charge in [-0.1, -0.05) is 27.7 Å². The van der Waals surface area contributed by atoms with Crippen molar-refractivity contribution in [2.45, 2.75) is 78.4 Å². The van der Waals surface area contributed by atoms with Crippen molar-refractivity contribution in [2.24, 2.45) is 46.3 Å². The molecule has 0 aromatic carbocycles. The SMILES string of the molecule is CC1CC2(C)C3CCC4(C)C(=O)CCC4C3CCC2C(C)C12OCCO2. The Bertz CT molecular complexity index is 609. The van der Waals surface area contributed by atoms with E-state index in [-0.39, 0.29) is 11.2 Å². The fourth-order valence-corrected chi connectivity index (χ4v) is 8.90. The molecule has 8 unspecified atom stereocenters. The lowest BCUT2D eigenvalue weighted by Crippen LogP contribution is -2.62. The molecule has 0 bridgehead atoms. The van der Waals surface area contributed by atoms with E-state index in [1.807, 2.05) is 0 Å². The van der Waals surface area contributed by atoms with Gasteiger partial charge in [-0.25, -0.2) is 0 Å². The number of carbonyl (C=O) groups excluding carboxylic acids is 1. The molecule has 146 valence electrons. The van der Waals surface area contributed by atoms with Crippen molar-refractivity contribution in [1.29, 1.82) is 0 Å². The highest BCUT2D eigenvalue weighted by molar-refractivity contribution is 5.87. The molecule has 0 aromatic rings. The zero-order valence-electron chi connectivity index (χ0n) is 17.1. The number of ketones is 1. The lowest BCUT2D eigenvalue weighted by molar-refractivity contribution is -0.289. The minimum atomic E-state index is -0.330.